The van der Waals surface area contributed by atoms with Crippen LogP contribution in [0.4, 0.5) is 11.4 Å². The van der Waals surface area contributed by atoms with Gasteiger partial charge in [0, 0.05) is 46.1 Å². The summed E-state index contributed by atoms with van der Waals surface area (Å²) in [6.45, 7) is 3.43. The Hall–Kier alpha value is -3.20. The van der Waals surface area contributed by atoms with E-state index in [4.69, 9.17) is 21.5 Å². The van der Waals surface area contributed by atoms with Gasteiger partial charge in [-0.2, -0.15) is 5.26 Å². The van der Waals surface area contributed by atoms with Gasteiger partial charge >= 0.3 is 0 Å². The van der Waals surface area contributed by atoms with Gasteiger partial charge in [0.15, 0.2) is 0 Å². The fraction of sp³-hybridized carbons (Fsp3) is 0.381. The number of aliphatic imine (C=N–C) groups is 1. The van der Waals surface area contributed by atoms with Gasteiger partial charge in [-0.15, -0.1) is 0 Å². The van der Waals surface area contributed by atoms with E-state index in [2.05, 4.69) is 9.98 Å². The molecule has 0 amide bonds. The molecule has 1 aromatic carbocycles. The summed E-state index contributed by atoms with van der Waals surface area (Å²) >= 11 is 0. The van der Waals surface area contributed by atoms with Crippen molar-refractivity contribution in [1.82, 2.24) is 9.29 Å². The molecular weight excluding hydrogens is 432 g/mol. The van der Waals surface area contributed by atoms with Crippen LogP contribution in [0.15, 0.2) is 51.2 Å². The number of nitrogen functional groups attached to an aromatic ring is 1. The zero-order valence-corrected chi connectivity index (χ0v) is 19.4. The Labute approximate surface area is 188 Å². The maximum absolute atomic E-state index is 12.0. The normalized spacial score (nSPS) is 13.8. The lowest BCUT2D eigenvalue weighted by atomic mass is 10.2. The van der Waals surface area contributed by atoms with Crippen molar-refractivity contribution >= 4 is 27.2 Å². The highest BCUT2D eigenvalue weighted by Crippen LogP contribution is 2.19. The number of ether oxygens (including phenoxy) is 1. The molecule has 0 atom stereocenters. The van der Waals surface area contributed by atoms with Gasteiger partial charge in [-0.25, -0.2) is 17.7 Å². The number of nitrogens with two attached hydrogens (primary N) is 2. The number of sulfonamides is 1. The average molecular weight is 463 g/mol. The van der Waals surface area contributed by atoms with Crippen LogP contribution in [0.5, 0.6) is 0 Å². The topological polar surface area (TPSA) is 168 Å². The summed E-state index contributed by atoms with van der Waals surface area (Å²) < 4.78 is 30.1. The quantitative estimate of drug-likeness (QED) is 0.461. The van der Waals surface area contributed by atoms with Crippen molar-refractivity contribution in [1.29, 1.82) is 5.26 Å². The first-order valence-corrected chi connectivity index (χ1v) is 11.3. The number of aromatic nitrogens is 1. The van der Waals surface area contributed by atoms with Crippen molar-refractivity contribution in [2.24, 2.45) is 10.7 Å². The van der Waals surface area contributed by atoms with E-state index < -0.39 is 15.6 Å². The Morgan fingerprint density at radius 3 is 2.12 bits per heavy atom. The van der Waals surface area contributed by atoms with Gasteiger partial charge in [-0.3, -0.25) is 4.79 Å². The number of benzene rings is 1. The summed E-state index contributed by atoms with van der Waals surface area (Å²) in [5.74, 6) is -0.0485. The number of hydrogen-bond acceptors (Lipinski definition) is 7. The standard InChI is InChI=1S/C14H17N5O3S.C5H10O.C2H3N/c1-19(2)23(21,22)10-5-3-9(4-6-10)18-13(16)12-11(15)7-8-17-14(12)20;1-2-4-6-5-3-1;1-2-3/h3-8H,1-2H3,(H2,16,18)(H3,15,17,20);1-5H2;1H3. The Bertz CT molecular complexity index is 1070. The first-order valence-electron chi connectivity index (χ1n) is 9.88. The Balaban J connectivity index is 0.000000475. The van der Waals surface area contributed by atoms with Gasteiger partial charge < -0.3 is 21.2 Å². The number of nitrogens with zero attached hydrogens (tertiary/aromatic N) is 3. The van der Waals surface area contributed by atoms with Crippen LogP contribution in [0.25, 0.3) is 0 Å². The Kier molecular flexibility index (Phi) is 11.1. The summed E-state index contributed by atoms with van der Waals surface area (Å²) in [7, 11) is -0.613. The number of hydrogen-bond donors (Lipinski definition) is 3. The van der Waals surface area contributed by atoms with Gasteiger partial charge in [0.25, 0.3) is 5.56 Å². The summed E-state index contributed by atoms with van der Waals surface area (Å²) in [6, 6.07) is 9.08. The molecule has 2 heterocycles. The van der Waals surface area contributed by atoms with E-state index in [9.17, 15) is 13.2 Å². The smallest absolute Gasteiger partial charge is 0.261 e. The van der Waals surface area contributed by atoms with E-state index in [0.717, 1.165) is 17.5 Å². The Morgan fingerprint density at radius 1 is 1.16 bits per heavy atom. The van der Waals surface area contributed by atoms with Gasteiger partial charge in [-0.05, 0) is 49.6 Å². The molecule has 0 spiro atoms. The number of pyridine rings is 1. The van der Waals surface area contributed by atoms with E-state index in [1.165, 1.54) is 76.8 Å². The van der Waals surface area contributed by atoms with Crippen molar-refractivity contribution in [3.8, 4) is 6.07 Å². The maximum Gasteiger partial charge on any atom is 0.261 e. The highest BCUT2D eigenvalue weighted by atomic mass is 32.2. The maximum atomic E-state index is 12.0. The third-order valence-corrected chi connectivity index (χ3v) is 6.02. The summed E-state index contributed by atoms with van der Waals surface area (Å²) in [4.78, 5) is 18.5. The number of nitriles is 1. The monoisotopic (exact) mass is 462 g/mol. The SMILES string of the molecule is C1CCOCC1.CC#N.CN(C)S(=O)(=O)c1ccc(N=C(N)c2c(N)cc[nH]c2=O)cc1. The fourth-order valence-corrected chi connectivity index (χ4v) is 3.45. The predicted octanol–water partition coefficient (Wildman–Crippen LogP) is 1.96. The molecule has 11 heteroatoms. The van der Waals surface area contributed by atoms with Gasteiger partial charge in [0.1, 0.15) is 11.4 Å². The van der Waals surface area contributed by atoms with Crippen molar-refractivity contribution in [3.05, 3.63) is 52.4 Å². The van der Waals surface area contributed by atoms with Crippen molar-refractivity contribution in [3.63, 3.8) is 0 Å². The molecule has 5 N–H and O–H groups in total. The second kappa shape index (κ2) is 13.3. The first-order chi connectivity index (χ1) is 15.1. The first kappa shape index (κ1) is 26.8. The molecule has 1 aromatic heterocycles. The van der Waals surface area contributed by atoms with E-state index in [1.54, 1.807) is 6.07 Å². The highest BCUT2D eigenvalue weighted by molar-refractivity contribution is 7.89. The second-order valence-electron chi connectivity index (χ2n) is 6.81. The summed E-state index contributed by atoms with van der Waals surface area (Å²) in [5.41, 5.74) is 11.8. The number of anilines is 1. The molecule has 10 nitrogen and oxygen atoms in total. The molecule has 0 aliphatic carbocycles. The fourth-order valence-electron chi connectivity index (χ4n) is 2.54. The highest BCUT2D eigenvalue weighted by Gasteiger charge is 2.16. The van der Waals surface area contributed by atoms with Gasteiger partial charge in [0.2, 0.25) is 10.0 Å². The van der Waals surface area contributed by atoms with E-state index in [0.29, 0.717) is 5.69 Å². The summed E-state index contributed by atoms with van der Waals surface area (Å²) in [6.07, 6.45) is 5.34. The molecule has 1 aliphatic rings. The van der Waals surface area contributed by atoms with Gasteiger partial charge in [-0.1, -0.05) is 0 Å². The van der Waals surface area contributed by atoms with Crippen molar-refractivity contribution < 1.29 is 13.2 Å². The minimum Gasteiger partial charge on any atom is -0.398 e. The van der Waals surface area contributed by atoms with Crippen LogP contribution in [-0.4, -0.2) is 50.9 Å². The lowest BCUT2D eigenvalue weighted by Crippen LogP contribution is -2.25. The van der Waals surface area contributed by atoms with Crippen LogP contribution in [-0.2, 0) is 14.8 Å². The van der Waals surface area contributed by atoms with Crippen LogP contribution < -0.4 is 17.0 Å². The molecule has 32 heavy (non-hydrogen) atoms. The Morgan fingerprint density at radius 2 is 1.72 bits per heavy atom. The van der Waals surface area contributed by atoms with Crippen molar-refractivity contribution in [2.45, 2.75) is 31.1 Å². The van der Waals surface area contributed by atoms with Crippen LogP contribution >= 0.6 is 0 Å². The molecule has 1 saturated heterocycles. The zero-order chi connectivity index (χ0) is 24.1. The van der Waals surface area contributed by atoms with Crippen molar-refractivity contribution in [2.75, 3.05) is 33.0 Å². The number of rotatable bonds is 4. The molecule has 174 valence electrons. The third-order valence-electron chi connectivity index (χ3n) is 4.19. The predicted molar refractivity (Wildman–Crippen MR) is 125 cm³/mol. The summed E-state index contributed by atoms with van der Waals surface area (Å²) in [5, 5.41) is 7.32. The third kappa shape index (κ3) is 8.14. The zero-order valence-electron chi connectivity index (χ0n) is 18.5. The number of amidine groups is 1. The molecule has 1 fully saturated rings. The second-order valence-corrected chi connectivity index (χ2v) is 8.96. The number of H-pyrrole nitrogens is 1. The largest absolute Gasteiger partial charge is 0.398 e. The molecule has 1 aliphatic heterocycles. The number of aromatic amines is 1. The van der Waals surface area contributed by atoms with E-state index in [1.807, 2.05) is 0 Å². The van der Waals surface area contributed by atoms with Gasteiger partial charge in [0.05, 0.1) is 16.7 Å². The molecule has 0 saturated carbocycles. The molecule has 3 rings (SSSR count). The molecule has 0 unspecified atom stereocenters. The lowest BCUT2D eigenvalue weighted by molar-refractivity contribution is 0.0968. The minimum absolute atomic E-state index is 0.0485. The van der Waals surface area contributed by atoms with Crippen LogP contribution in [0, 0.1) is 11.3 Å². The van der Waals surface area contributed by atoms with E-state index >= 15 is 0 Å². The number of nitrogens with one attached hydrogen (secondary N) is 1. The molecular formula is C21H30N6O4S. The molecule has 0 radical (unpaired) electrons. The molecule has 0 bridgehead atoms. The molecule has 2 aromatic rings. The van der Waals surface area contributed by atoms with Crippen LogP contribution in [0.3, 0.4) is 0 Å². The average Bonchev–Trinajstić information content (AvgIpc) is 2.76. The minimum atomic E-state index is -3.51. The van der Waals surface area contributed by atoms with Crippen LogP contribution in [0.1, 0.15) is 31.7 Å². The van der Waals surface area contributed by atoms with E-state index in [-0.39, 0.29) is 22.0 Å². The van der Waals surface area contributed by atoms with Crippen LogP contribution in [0.2, 0.25) is 0 Å². The lowest BCUT2D eigenvalue weighted by Gasteiger charge is -2.11.